The van der Waals surface area contributed by atoms with E-state index < -0.39 is 0 Å². The molecule has 1 atom stereocenters. The van der Waals surface area contributed by atoms with Crippen LogP contribution >= 0.6 is 11.6 Å². The molecule has 4 rings (SSSR count). The standard InChI is InChI=1S/C19H15ClFN3O2/c20-15-3-1-2-4-16(15)22-19(25)17-9-14-11-26-18(10-24(14)23-17)12-5-7-13(21)8-6-12/h1-9,18H,10-11H2,(H,22,25)/t18-/m1/s1. The van der Waals surface area contributed by atoms with Gasteiger partial charge in [-0.2, -0.15) is 5.10 Å². The first-order valence-electron chi connectivity index (χ1n) is 8.10. The van der Waals surface area contributed by atoms with E-state index in [9.17, 15) is 9.18 Å². The fourth-order valence-corrected chi connectivity index (χ4v) is 3.05. The van der Waals surface area contributed by atoms with Gasteiger partial charge in [-0.05, 0) is 35.9 Å². The maximum atomic E-state index is 13.1. The van der Waals surface area contributed by atoms with Gasteiger partial charge in [0.15, 0.2) is 5.69 Å². The highest BCUT2D eigenvalue weighted by atomic mass is 35.5. The molecule has 26 heavy (non-hydrogen) atoms. The van der Waals surface area contributed by atoms with Crippen LogP contribution in [0.3, 0.4) is 0 Å². The van der Waals surface area contributed by atoms with Crippen molar-refractivity contribution < 1.29 is 13.9 Å². The maximum absolute atomic E-state index is 13.1. The van der Waals surface area contributed by atoms with Crippen molar-refractivity contribution in [2.45, 2.75) is 19.3 Å². The van der Waals surface area contributed by atoms with Crippen molar-refractivity contribution in [3.05, 3.63) is 82.4 Å². The Bertz CT molecular complexity index is 956. The van der Waals surface area contributed by atoms with E-state index in [0.29, 0.717) is 29.6 Å². The molecule has 1 N–H and O–H groups in total. The molecule has 0 bridgehead atoms. The minimum absolute atomic E-state index is 0.234. The second-order valence-electron chi connectivity index (χ2n) is 5.99. The van der Waals surface area contributed by atoms with E-state index in [1.54, 1.807) is 47.1 Å². The van der Waals surface area contributed by atoms with Crippen molar-refractivity contribution in [2.24, 2.45) is 0 Å². The van der Waals surface area contributed by atoms with Gasteiger partial charge in [-0.1, -0.05) is 35.9 Å². The molecule has 0 radical (unpaired) electrons. The molecule has 2 heterocycles. The Morgan fingerprint density at radius 2 is 2.00 bits per heavy atom. The number of hydrogen-bond acceptors (Lipinski definition) is 3. The Kier molecular flexibility index (Phi) is 4.44. The Hall–Kier alpha value is -2.70. The topological polar surface area (TPSA) is 56.2 Å². The minimum Gasteiger partial charge on any atom is -0.365 e. The average Bonchev–Trinajstić information content (AvgIpc) is 3.07. The number of amides is 1. The van der Waals surface area contributed by atoms with E-state index in [4.69, 9.17) is 16.3 Å². The molecule has 2 aromatic carbocycles. The van der Waals surface area contributed by atoms with Gasteiger partial charge in [-0.15, -0.1) is 0 Å². The number of anilines is 1. The van der Waals surface area contributed by atoms with E-state index in [1.165, 1.54) is 12.1 Å². The molecule has 7 heteroatoms. The van der Waals surface area contributed by atoms with E-state index in [-0.39, 0.29) is 17.8 Å². The van der Waals surface area contributed by atoms with Crippen LogP contribution in [0, 0.1) is 5.82 Å². The van der Waals surface area contributed by atoms with Crippen LogP contribution in [0.1, 0.15) is 27.8 Å². The summed E-state index contributed by atoms with van der Waals surface area (Å²) >= 11 is 6.07. The first-order chi connectivity index (χ1) is 12.6. The highest BCUT2D eigenvalue weighted by Gasteiger charge is 2.24. The molecule has 0 saturated carbocycles. The lowest BCUT2D eigenvalue weighted by atomic mass is 10.1. The summed E-state index contributed by atoms with van der Waals surface area (Å²) in [5.74, 6) is -0.624. The predicted molar refractivity (Wildman–Crippen MR) is 95.6 cm³/mol. The van der Waals surface area contributed by atoms with Crippen molar-refractivity contribution in [1.82, 2.24) is 9.78 Å². The zero-order valence-electron chi connectivity index (χ0n) is 13.7. The van der Waals surface area contributed by atoms with Gasteiger partial charge in [0.1, 0.15) is 11.9 Å². The summed E-state index contributed by atoms with van der Waals surface area (Å²) in [6.45, 7) is 0.786. The Morgan fingerprint density at radius 3 is 2.77 bits per heavy atom. The Labute approximate surface area is 154 Å². The number of rotatable bonds is 3. The van der Waals surface area contributed by atoms with E-state index >= 15 is 0 Å². The highest BCUT2D eigenvalue weighted by Crippen LogP contribution is 2.27. The fraction of sp³-hybridized carbons (Fsp3) is 0.158. The number of aromatic nitrogens is 2. The van der Waals surface area contributed by atoms with Crippen LogP contribution in [-0.2, 0) is 17.9 Å². The monoisotopic (exact) mass is 371 g/mol. The molecular formula is C19H15ClFN3O2. The third kappa shape index (κ3) is 3.34. The lowest BCUT2D eigenvalue weighted by molar-refractivity contribution is -0.00122. The fourth-order valence-electron chi connectivity index (χ4n) is 2.86. The molecule has 132 valence electrons. The Balaban J connectivity index is 1.51. The second-order valence-corrected chi connectivity index (χ2v) is 6.40. The van der Waals surface area contributed by atoms with Gasteiger partial charge >= 0.3 is 0 Å². The number of carbonyl (C=O) groups excluding carboxylic acids is 1. The van der Waals surface area contributed by atoms with E-state index in [0.717, 1.165) is 11.3 Å². The molecule has 1 aliphatic heterocycles. The van der Waals surface area contributed by atoms with Crippen LogP contribution in [0.25, 0.3) is 0 Å². The smallest absolute Gasteiger partial charge is 0.276 e. The predicted octanol–water partition coefficient (Wildman–Crippen LogP) is 4.20. The van der Waals surface area contributed by atoms with Crippen molar-refractivity contribution in [2.75, 3.05) is 5.32 Å². The quantitative estimate of drug-likeness (QED) is 0.750. The van der Waals surface area contributed by atoms with Crippen LogP contribution in [0.15, 0.2) is 54.6 Å². The molecule has 5 nitrogen and oxygen atoms in total. The first-order valence-corrected chi connectivity index (χ1v) is 8.47. The number of nitrogens with zero attached hydrogens (tertiary/aromatic N) is 2. The van der Waals surface area contributed by atoms with Crippen molar-refractivity contribution in [3.63, 3.8) is 0 Å². The second kappa shape index (κ2) is 6.90. The molecule has 0 spiro atoms. The van der Waals surface area contributed by atoms with E-state index in [2.05, 4.69) is 10.4 Å². The average molecular weight is 372 g/mol. The van der Waals surface area contributed by atoms with Gasteiger partial charge in [0.25, 0.3) is 5.91 Å². The third-order valence-electron chi connectivity index (χ3n) is 4.23. The summed E-state index contributed by atoms with van der Waals surface area (Å²) in [7, 11) is 0. The van der Waals surface area contributed by atoms with E-state index in [1.807, 2.05) is 0 Å². The largest absolute Gasteiger partial charge is 0.365 e. The van der Waals surface area contributed by atoms with Crippen LogP contribution in [0.2, 0.25) is 5.02 Å². The molecule has 0 saturated heterocycles. The number of carbonyl (C=O) groups is 1. The normalized spacial score (nSPS) is 16.2. The zero-order chi connectivity index (χ0) is 18.1. The molecule has 0 fully saturated rings. The lowest BCUT2D eigenvalue weighted by Crippen LogP contribution is -2.22. The zero-order valence-corrected chi connectivity index (χ0v) is 14.4. The Morgan fingerprint density at radius 1 is 1.23 bits per heavy atom. The molecule has 0 unspecified atom stereocenters. The molecular weight excluding hydrogens is 357 g/mol. The summed E-state index contributed by atoms with van der Waals surface area (Å²) in [6.07, 6.45) is -0.234. The van der Waals surface area contributed by atoms with Gasteiger partial charge in [-0.25, -0.2) is 4.39 Å². The third-order valence-corrected chi connectivity index (χ3v) is 4.56. The summed E-state index contributed by atoms with van der Waals surface area (Å²) in [6, 6.07) is 14.9. The van der Waals surface area contributed by atoms with Gasteiger partial charge < -0.3 is 10.1 Å². The van der Waals surface area contributed by atoms with Crippen LogP contribution in [-0.4, -0.2) is 15.7 Å². The van der Waals surface area contributed by atoms with Crippen LogP contribution in [0.5, 0.6) is 0 Å². The number of hydrogen-bond donors (Lipinski definition) is 1. The van der Waals surface area contributed by atoms with Gasteiger partial charge in [0.2, 0.25) is 0 Å². The summed E-state index contributed by atoms with van der Waals surface area (Å²) < 4.78 is 20.7. The molecule has 1 amide bonds. The molecule has 3 aromatic rings. The number of halogens is 2. The lowest BCUT2D eigenvalue weighted by Gasteiger charge is -2.24. The molecule has 1 aromatic heterocycles. The summed E-state index contributed by atoms with van der Waals surface area (Å²) in [5.41, 5.74) is 2.51. The van der Waals surface area contributed by atoms with Crippen LogP contribution < -0.4 is 5.32 Å². The number of benzene rings is 2. The molecule has 1 aliphatic rings. The van der Waals surface area contributed by atoms with Crippen molar-refractivity contribution in [1.29, 1.82) is 0 Å². The van der Waals surface area contributed by atoms with Gasteiger partial charge in [0.05, 0.1) is 29.6 Å². The van der Waals surface area contributed by atoms with Gasteiger partial charge in [-0.3, -0.25) is 9.48 Å². The summed E-state index contributed by atoms with van der Waals surface area (Å²) in [4.78, 5) is 12.4. The number of para-hydroxylation sites is 1. The number of fused-ring (bicyclic) bond motifs is 1. The van der Waals surface area contributed by atoms with Crippen molar-refractivity contribution >= 4 is 23.2 Å². The highest BCUT2D eigenvalue weighted by molar-refractivity contribution is 6.33. The maximum Gasteiger partial charge on any atom is 0.276 e. The minimum atomic E-state index is -0.335. The number of nitrogens with one attached hydrogen (secondary N) is 1. The van der Waals surface area contributed by atoms with Crippen molar-refractivity contribution in [3.8, 4) is 0 Å². The van der Waals surface area contributed by atoms with Gasteiger partial charge in [0, 0.05) is 0 Å². The summed E-state index contributed by atoms with van der Waals surface area (Å²) in [5, 5.41) is 7.60. The SMILES string of the molecule is O=C(Nc1ccccc1Cl)c1cc2n(n1)C[C@H](c1ccc(F)cc1)OC2. The first kappa shape index (κ1) is 16.8. The van der Waals surface area contributed by atoms with Crippen LogP contribution in [0.4, 0.5) is 10.1 Å². The molecule has 0 aliphatic carbocycles. The number of ether oxygens (including phenoxy) is 1.